The zero-order valence-corrected chi connectivity index (χ0v) is 17.3. The maximum absolute atomic E-state index is 13.9. The lowest BCUT2D eigenvalue weighted by atomic mass is 9.84. The quantitative estimate of drug-likeness (QED) is 0.294. The molecule has 146 valence electrons. The van der Waals surface area contributed by atoms with Gasteiger partial charge in [0.1, 0.15) is 0 Å². The van der Waals surface area contributed by atoms with Gasteiger partial charge in [0.05, 0.1) is 19.3 Å². The third kappa shape index (κ3) is 4.64. The van der Waals surface area contributed by atoms with Gasteiger partial charge < -0.3 is 13.8 Å². The van der Waals surface area contributed by atoms with Crippen LogP contribution in [0.25, 0.3) is 0 Å². The van der Waals surface area contributed by atoms with Crippen molar-refractivity contribution in [2.24, 2.45) is 0 Å². The Kier molecular flexibility index (Phi) is 8.75. The van der Waals surface area contributed by atoms with Crippen molar-refractivity contribution < 1.29 is 23.1 Å². The fourth-order valence-electron chi connectivity index (χ4n) is 3.06. The van der Waals surface area contributed by atoms with Gasteiger partial charge in [-0.05, 0) is 39.7 Å². The van der Waals surface area contributed by atoms with Crippen LogP contribution < -0.4 is 0 Å². The third-order valence-corrected chi connectivity index (χ3v) is 7.18. The first-order valence-electron chi connectivity index (χ1n) is 9.05. The lowest BCUT2D eigenvalue weighted by molar-refractivity contribution is -0.152. The van der Waals surface area contributed by atoms with Gasteiger partial charge in [0, 0.05) is 5.92 Å². The molecular formula is C20H31O5P. The highest BCUT2D eigenvalue weighted by atomic mass is 31.2. The predicted octanol–water partition coefficient (Wildman–Crippen LogP) is 5.32. The molecule has 0 unspecified atom stereocenters. The van der Waals surface area contributed by atoms with Crippen LogP contribution in [0.1, 0.15) is 52.5 Å². The summed E-state index contributed by atoms with van der Waals surface area (Å²) in [5, 5.41) is -1.51. The smallest absolute Gasteiger partial charge is 0.348 e. The molecule has 0 radical (unpaired) electrons. The summed E-state index contributed by atoms with van der Waals surface area (Å²) in [6, 6.07) is 9.44. The zero-order valence-electron chi connectivity index (χ0n) is 16.4. The predicted molar refractivity (Wildman–Crippen MR) is 104 cm³/mol. The molecule has 5 nitrogen and oxygen atoms in total. The Morgan fingerprint density at radius 2 is 1.69 bits per heavy atom. The number of rotatable bonds is 11. The van der Waals surface area contributed by atoms with E-state index in [4.69, 9.17) is 13.8 Å². The molecule has 26 heavy (non-hydrogen) atoms. The molecule has 0 bridgehead atoms. The van der Waals surface area contributed by atoms with E-state index in [1.807, 2.05) is 37.3 Å². The van der Waals surface area contributed by atoms with Crippen LogP contribution >= 0.6 is 7.60 Å². The Balaban J connectivity index is 3.66. The number of esters is 1. The molecule has 0 aliphatic rings. The van der Waals surface area contributed by atoms with Crippen molar-refractivity contribution in [1.82, 2.24) is 0 Å². The van der Waals surface area contributed by atoms with Gasteiger partial charge in [0.2, 0.25) is 0 Å². The molecule has 0 N–H and O–H groups in total. The van der Waals surface area contributed by atoms with Crippen molar-refractivity contribution >= 4 is 13.6 Å². The van der Waals surface area contributed by atoms with Crippen LogP contribution in [0.3, 0.4) is 0 Å². The van der Waals surface area contributed by atoms with Crippen LogP contribution in [0.2, 0.25) is 0 Å². The summed E-state index contributed by atoms with van der Waals surface area (Å²) in [7, 11) is -3.86. The van der Waals surface area contributed by atoms with E-state index < -0.39 is 24.6 Å². The first kappa shape index (κ1) is 22.6. The van der Waals surface area contributed by atoms with E-state index in [1.165, 1.54) is 0 Å². The SMILES string of the molecule is C=CC[C@@](C(=O)OC(C)C)([C@@H](C)c1ccccc1)P(=O)(OCC)OCC. The van der Waals surface area contributed by atoms with Crippen molar-refractivity contribution in [3.05, 3.63) is 48.6 Å². The Morgan fingerprint density at radius 3 is 2.12 bits per heavy atom. The summed E-state index contributed by atoms with van der Waals surface area (Å²) in [5.41, 5.74) is 0.856. The van der Waals surface area contributed by atoms with Gasteiger partial charge in [-0.25, -0.2) is 0 Å². The van der Waals surface area contributed by atoms with Gasteiger partial charge >= 0.3 is 13.6 Å². The average Bonchev–Trinajstić information content (AvgIpc) is 2.59. The van der Waals surface area contributed by atoms with Gasteiger partial charge in [-0.1, -0.05) is 43.3 Å². The summed E-state index contributed by atoms with van der Waals surface area (Å²) < 4.78 is 30.6. The molecule has 1 aromatic carbocycles. The molecule has 0 saturated carbocycles. The minimum absolute atomic E-state index is 0.117. The highest BCUT2D eigenvalue weighted by Crippen LogP contribution is 2.67. The van der Waals surface area contributed by atoms with Crippen LogP contribution in [-0.4, -0.2) is 30.4 Å². The first-order valence-corrected chi connectivity index (χ1v) is 10.6. The Bertz CT molecular complexity index is 618. The molecule has 0 amide bonds. The number of hydrogen-bond donors (Lipinski definition) is 0. The van der Waals surface area contributed by atoms with Crippen molar-refractivity contribution in [1.29, 1.82) is 0 Å². The first-order chi connectivity index (χ1) is 12.3. The normalized spacial score (nSPS) is 15.3. The van der Waals surface area contributed by atoms with Crippen LogP contribution in [-0.2, 0) is 23.1 Å². The van der Waals surface area contributed by atoms with Crippen LogP contribution in [0, 0.1) is 0 Å². The maximum Gasteiger partial charge on any atom is 0.348 e. The standard InChI is InChI=1S/C20H31O5P/c1-7-15-20(19(21)25-16(4)5,26(22,23-8-2)24-9-3)17(6)18-13-11-10-12-14-18/h7,10-14,16-17H,1,8-9,15H2,2-6H3/t17-,20-/m0/s1. The molecule has 0 aliphatic heterocycles. The molecule has 0 heterocycles. The van der Waals surface area contributed by atoms with E-state index in [0.717, 1.165) is 5.56 Å². The Morgan fingerprint density at radius 1 is 1.15 bits per heavy atom. The third-order valence-electron chi connectivity index (χ3n) is 4.25. The topological polar surface area (TPSA) is 61.8 Å². The summed E-state index contributed by atoms with van der Waals surface area (Å²) in [6.45, 7) is 12.9. The fourth-order valence-corrected chi connectivity index (χ4v) is 5.53. The summed E-state index contributed by atoms with van der Waals surface area (Å²) in [5.74, 6) is -1.05. The van der Waals surface area contributed by atoms with Gasteiger partial charge in [-0.15, -0.1) is 6.58 Å². The lowest BCUT2D eigenvalue weighted by Gasteiger charge is -2.41. The van der Waals surface area contributed by atoms with E-state index in [9.17, 15) is 9.36 Å². The number of carbonyl (C=O) groups is 1. The van der Waals surface area contributed by atoms with E-state index >= 15 is 0 Å². The lowest BCUT2D eigenvalue weighted by Crippen LogP contribution is -2.46. The van der Waals surface area contributed by atoms with Gasteiger partial charge in [-0.2, -0.15) is 0 Å². The molecule has 0 spiro atoms. The number of carbonyl (C=O) groups excluding carboxylic acids is 1. The molecule has 0 aliphatic carbocycles. The van der Waals surface area contributed by atoms with E-state index in [-0.39, 0.29) is 25.7 Å². The van der Waals surface area contributed by atoms with Crippen molar-refractivity contribution in [2.75, 3.05) is 13.2 Å². The number of benzene rings is 1. The second-order valence-corrected chi connectivity index (χ2v) is 8.65. The van der Waals surface area contributed by atoms with Crippen molar-refractivity contribution in [2.45, 2.75) is 58.2 Å². The minimum atomic E-state index is -3.86. The number of allylic oxidation sites excluding steroid dienone is 1. The van der Waals surface area contributed by atoms with E-state index in [0.29, 0.717) is 0 Å². The largest absolute Gasteiger partial charge is 0.462 e. The van der Waals surface area contributed by atoms with Gasteiger partial charge in [-0.3, -0.25) is 9.36 Å². The fraction of sp³-hybridized carbons (Fsp3) is 0.550. The van der Waals surface area contributed by atoms with Gasteiger partial charge in [0.25, 0.3) is 0 Å². The van der Waals surface area contributed by atoms with E-state index in [1.54, 1.807) is 33.8 Å². The summed E-state index contributed by atoms with van der Waals surface area (Å²) in [4.78, 5) is 13.3. The minimum Gasteiger partial charge on any atom is -0.462 e. The Hall–Kier alpha value is -1.42. The zero-order chi connectivity index (χ0) is 19.8. The maximum atomic E-state index is 13.9. The number of hydrogen-bond acceptors (Lipinski definition) is 5. The molecule has 0 aromatic heterocycles. The van der Waals surface area contributed by atoms with Crippen LogP contribution in [0.4, 0.5) is 0 Å². The molecule has 0 fully saturated rings. The highest BCUT2D eigenvalue weighted by molar-refractivity contribution is 7.57. The van der Waals surface area contributed by atoms with Gasteiger partial charge in [0.15, 0.2) is 5.16 Å². The second kappa shape index (κ2) is 10.1. The monoisotopic (exact) mass is 382 g/mol. The van der Waals surface area contributed by atoms with Crippen LogP contribution in [0.5, 0.6) is 0 Å². The molecular weight excluding hydrogens is 351 g/mol. The average molecular weight is 382 g/mol. The number of ether oxygens (including phenoxy) is 1. The molecule has 6 heteroatoms. The molecule has 0 saturated heterocycles. The van der Waals surface area contributed by atoms with Crippen molar-refractivity contribution in [3.8, 4) is 0 Å². The van der Waals surface area contributed by atoms with E-state index in [2.05, 4.69) is 6.58 Å². The Labute approximate surface area is 157 Å². The van der Waals surface area contributed by atoms with Crippen molar-refractivity contribution in [3.63, 3.8) is 0 Å². The highest BCUT2D eigenvalue weighted by Gasteiger charge is 2.61. The molecule has 1 aromatic rings. The summed E-state index contributed by atoms with van der Waals surface area (Å²) in [6.07, 6.45) is 1.34. The molecule has 1 rings (SSSR count). The summed E-state index contributed by atoms with van der Waals surface area (Å²) >= 11 is 0. The second-order valence-electron chi connectivity index (χ2n) is 6.34. The van der Waals surface area contributed by atoms with Crippen LogP contribution in [0.15, 0.2) is 43.0 Å². The molecule has 2 atom stereocenters.